The molecule has 0 spiro atoms. The van der Waals surface area contributed by atoms with Crippen LogP contribution in [0.1, 0.15) is 50.8 Å². The molecule has 212 valence electrons. The third kappa shape index (κ3) is 8.77. The van der Waals surface area contributed by atoms with Gasteiger partial charge in [-0.2, -0.15) is 28.5 Å². The van der Waals surface area contributed by atoms with Crippen LogP contribution in [-0.4, -0.2) is 53.5 Å². The van der Waals surface area contributed by atoms with Gasteiger partial charge in [-0.25, -0.2) is 14.5 Å². The molecular weight excluding hydrogens is 580 g/mol. The molecule has 4 aromatic rings. The fourth-order valence-electron chi connectivity index (χ4n) is 3.60. The third-order valence-electron chi connectivity index (χ3n) is 5.70. The van der Waals surface area contributed by atoms with E-state index in [1.807, 2.05) is 13.8 Å². The maximum Gasteiger partial charge on any atom is 0.391 e. The van der Waals surface area contributed by atoms with E-state index in [9.17, 15) is 18.0 Å². The second-order valence-electron chi connectivity index (χ2n) is 8.28. The van der Waals surface area contributed by atoms with Gasteiger partial charge in [0.25, 0.3) is 0 Å². The van der Waals surface area contributed by atoms with E-state index in [-0.39, 0.29) is 12.3 Å². The van der Waals surface area contributed by atoms with Gasteiger partial charge in [0.05, 0.1) is 35.2 Å². The summed E-state index contributed by atoms with van der Waals surface area (Å²) in [5.74, 6) is -0.895. The van der Waals surface area contributed by atoms with Crippen LogP contribution < -0.4 is 5.32 Å². The number of nitrogens with one attached hydrogen (secondary N) is 1. The van der Waals surface area contributed by atoms with Crippen LogP contribution >= 0.6 is 34.8 Å². The van der Waals surface area contributed by atoms with Crippen molar-refractivity contribution in [2.45, 2.75) is 52.1 Å². The molecule has 2 unspecified atom stereocenters. The second-order valence-corrected chi connectivity index (χ2v) is 9.08. The zero-order chi connectivity index (χ0) is 29.2. The molecule has 4 rings (SSSR count). The predicted molar refractivity (Wildman–Crippen MR) is 146 cm³/mol. The number of pyridine rings is 1. The van der Waals surface area contributed by atoms with Crippen molar-refractivity contribution in [2.75, 3.05) is 11.7 Å². The monoisotopic (exact) mass is 606 g/mol. The summed E-state index contributed by atoms with van der Waals surface area (Å²) in [6.07, 6.45) is 5.41. The SMILES string of the molecule is CCc1c(C(C)CCC(C)C(F)(F)F)cnc2cc(Cl)nn12.CCl.O=CNc1cnc(-n2nccn2)c(Cl)c1. The summed E-state index contributed by atoms with van der Waals surface area (Å²) in [5, 5.41) is 15.1. The molecule has 15 heteroatoms. The van der Waals surface area contributed by atoms with E-state index in [2.05, 4.69) is 42.2 Å². The smallest absolute Gasteiger partial charge is 0.327 e. The molecule has 0 fully saturated rings. The number of amides is 1. The fraction of sp³-hybridized carbons (Fsp3) is 0.417. The van der Waals surface area contributed by atoms with Gasteiger partial charge >= 0.3 is 6.18 Å². The molecule has 4 aromatic heterocycles. The van der Waals surface area contributed by atoms with Gasteiger partial charge in [0, 0.05) is 24.3 Å². The third-order valence-corrected chi connectivity index (χ3v) is 6.16. The Morgan fingerprint density at radius 2 is 1.72 bits per heavy atom. The number of halogens is 6. The Labute approximate surface area is 238 Å². The first kappa shape index (κ1) is 32.3. The van der Waals surface area contributed by atoms with E-state index in [1.165, 1.54) is 36.7 Å². The molecule has 0 saturated heterocycles. The van der Waals surface area contributed by atoms with Crippen molar-refractivity contribution in [3.05, 3.63) is 58.4 Å². The van der Waals surface area contributed by atoms with E-state index >= 15 is 0 Å². The number of hydrogen-bond acceptors (Lipinski definition) is 6. The summed E-state index contributed by atoms with van der Waals surface area (Å²) in [4.78, 5) is 19.8. The summed E-state index contributed by atoms with van der Waals surface area (Å²) >= 11 is 16.5. The maximum atomic E-state index is 12.6. The van der Waals surface area contributed by atoms with Gasteiger partial charge in [-0.1, -0.05) is 44.0 Å². The molecule has 0 aliphatic carbocycles. The molecule has 1 amide bonds. The van der Waals surface area contributed by atoms with Gasteiger partial charge in [0.1, 0.15) is 0 Å². The van der Waals surface area contributed by atoms with E-state index in [0.29, 0.717) is 46.6 Å². The van der Waals surface area contributed by atoms with Crippen LogP contribution in [0.25, 0.3) is 11.5 Å². The highest BCUT2D eigenvalue weighted by atomic mass is 35.5. The lowest BCUT2D eigenvalue weighted by molar-refractivity contribution is -0.171. The molecule has 0 aliphatic heterocycles. The maximum absolute atomic E-state index is 12.6. The minimum Gasteiger partial charge on any atom is -0.327 e. The van der Waals surface area contributed by atoms with Gasteiger partial charge in [-0.3, -0.25) is 4.79 Å². The fourth-order valence-corrected chi connectivity index (χ4v) is 4.02. The first-order valence-electron chi connectivity index (χ1n) is 11.7. The van der Waals surface area contributed by atoms with E-state index < -0.39 is 12.1 Å². The van der Waals surface area contributed by atoms with Crippen molar-refractivity contribution in [1.29, 1.82) is 0 Å². The Bertz CT molecular complexity index is 1330. The van der Waals surface area contributed by atoms with Crippen molar-refractivity contribution in [3.63, 3.8) is 0 Å². The number of anilines is 1. The molecule has 9 nitrogen and oxygen atoms in total. The lowest BCUT2D eigenvalue weighted by atomic mass is 9.91. The Hall–Kier alpha value is -2.96. The summed E-state index contributed by atoms with van der Waals surface area (Å²) in [7, 11) is 0. The quantitative estimate of drug-likeness (QED) is 0.175. The van der Waals surface area contributed by atoms with Crippen molar-refractivity contribution in [2.24, 2.45) is 5.92 Å². The molecule has 39 heavy (non-hydrogen) atoms. The number of alkyl halides is 4. The first-order valence-corrected chi connectivity index (χ1v) is 13.3. The van der Waals surface area contributed by atoms with Gasteiger partial charge < -0.3 is 5.32 Å². The molecule has 0 saturated carbocycles. The minimum absolute atomic E-state index is 0.0142. The number of carbonyl (C=O) groups excluding carboxylic acids is 1. The molecule has 0 aromatic carbocycles. The number of nitrogens with zero attached hydrogens (tertiary/aromatic N) is 7. The van der Waals surface area contributed by atoms with Crippen LogP contribution in [0.4, 0.5) is 18.9 Å². The van der Waals surface area contributed by atoms with Crippen LogP contribution in [0.3, 0.4) is 0 Å². The average Bonchev–Trinajstić information content (AvgIpc) is 3.57. The highest BCUT2D eigenvalue weighted by Crippen LogP contribution is 2.33. The number of fused-ring (bicyclic) bond motifs is 1. The largest absolute Gasteiger partial charge is 0.391 e. The van der Waals surface area contributed by atoms with E-state index in [1.54, 1.807) is 22.8 Å². The molecule has 0 radical (unpaired) electrons. The highest BCUT2D eigenvalue weighted by Gasteiger charge is 2.35. The standard InChI is InChI=1S/C15H19ClF3N3.C8H6ClN5O.CH3Cl/c1-4-12-11(8-20-14-7-13(16)21-22(12)14)9(2)5-6-10(3)15(17,18)19;9-7-3-6(11-5-15)4-10-8(7)14-12-1-2-13-14;1-2/h7-10H,4-6H2,1-3H3;1-5H,(H,11,15);1H3. The number of aromatic nitrogens is 7. The number of carbonyl (C=O) groups is 1. The molecule has 2 atom stereocenters. The summed E-state index contributed by atoms with van der Waals surface area (Å²) in [6.45, 7) is 5.14. The topological polar surface area (TPSA) is 103 Å². The summed E-state index contributed by atoms with van der Waals surface area (Å²) < 4.78 is 39.5. The van der Waals surface area contributed by atoms with Crippen LogP contribution in [-0.2, 0) is 11.2 Å². The van der Waals surface area contributed by atoms with Gasteiger partial charge in [-0.05, 0) is 36.8 Å². The zero-order valence-corrected chi connectivity index (χ0v) is 23.9. The zero-order valence-electron chi connectivity index (χ0n) is 21.6. The first-order chi connectivity index (χ1) is 18.5. The van der Waals surface area contributed by atoms with E-state index in [0.717, 1.165) is 11.3 Å². The Kier molecular flexibility index (Phi) is 12.4. The molecular formula is C24H28Cl3F3N8O. The Morgan fingerprint density at radius 3 is 2.28 bits per heavy atom. The van der Waals surface area contributed by atoms with Gasteiger partial charge in [0.15, 0.2) is 16.6 Å². The van der Waals surface area contributed by atoms with E-state index in [4.69, 9.17) is 23.2 Å². The second kappa shape index (κ2) is 15.0. The number of rotatable bonds is 8. The molecule has 4 heterocycles. The Morgan fingerprint density at radius 1 is 1.05 bits per heavy atom. The van der Waals surface area contributed by atoms with Gasteiger partial charge in [-0.15, -0.1) is 16.4 Å². The van der Waals surface area contributed by atoms with Crippen molar-refractivity contribution >= 4 is 52.5 Å². The van der Waals surface area contributed by atoms with Crippen molar-refractivity contribution in [3.8, 4) is 5.82 Å². The number of aryl methyl sites for hydroxylation is 1. The normalized spacial score (nSPS) is 12.6. The molecule has 0 aliphatic rings. The van der Waals surface area contributed by atoms with Crippen LogP contribution in [0.5, 0.6) is 0 Å². The van der Waals surface area contributed by atoms with Gasteiger partial charge in [0.2, 0.25) is 6.41 Å². The summed E-state index contributed by atoms with van der Waals surface area (Å²) in [5.41, 5.74) is 3.06. The van der Waals surface area contributed by atoms with Crippen LogP contribution in [0.2, 0.25) is 10.2 Å². The average molecular weight is 608 g/mol. The molecule has 1 N–H and O–H groups in total. The van der Waals surface area contributed by atoms with Crippen molar-refractivity contribution in [1.82, 2.24) is 34.6 Å². The minimum atomic E-state index is -4.13. The van der Waals surface area contributed by atoms with Crippen molar-refractivity contribution < 1.29 is 18.0 Å². The lowest BCUT2D eigenvalue weighted by Crippen LogP contribution is -2.20. The highest BCUT2D eigenvalue weighted by molar-refractivity contribution is 6.32. The summed E-state index contributed by atoms with van der Waals surface area (Å²) in [6, 6.07) is 3.24. The Balaban J connectivity index is 0.000000273. The van der Waals surface area contributed by atoms with Crippen LogP contribution in [0, 0.1) is 5.92 Å². The predicted octanol–water partition coefficient (Wildman–Crippen LogP) is 6.77. The lowest BCUT2D eigenvalue weighted by Gasteiger charge is -2.20. The van der Waals surface area contributed by atoms with Crippen LogP contribution in [0.15, 0.2) is 36.9 Å². The number of hydrogen-bond donors (Lipinski definition) is 1. The molecule has 0 bridgehead atoms.